The van der Waals surface area contributed by atoms with Crippen LogP contribution in [0.5, 0.6) is 0 Å². The molecule has 2 aromatic carbocycles. The fraction of sp³-hybridized carbons (Fsp3) is 0.278. The maximum absolute atomic E-state index is 12.6. The molecule has 0 fully saturated rings. The van der Waals surface area contributed by atoms with Crippen molar-refractivity contribution in [1.82, 2.24) is 0 Å². The molecule has 134 valence electrons. The summed E-state index contributed by atoms with van der Waals surface area (Å²) in [4.78, 5) is 14.2. The van der Waals surface area contributed by atoms with E-state index in [2.05, 4.69) is 5.32 Å². The maximum atomic E-state index is 12.6. The summed E-state index contributed by atoms with van der Waals surface area (Å²) in [6.07, 6.45) is -2.27. The smallest absolute Gasteiger partial charge is 0.263 e. The summed E-state index contributed by atoms with van der Waals surface area (Å²) in [5.74, 6) is -0.372. The zero-order chi connectivity index (χ0) is 18.6. The lowest BCUT2D eigenvalue weighted by atomic mass is 10.0. The summed E-state index contributed by atoms with van der Waals surface area (Å²) in [5.41, 5.74) is 7.97. The molecule has 2 aromatic rings. The Bertz CT molecular complexity index is 736. The number of hydrogen-bond acceptors (Lipinski definition) is 3. The van der Waals surface area contributed by atoms with E-state index in [0.717, 1.165) is 5.69 Å². The number of nitrogens with zero attached hydrogens (tertiary/aromatic N) is 1. The Labute approximate surface area is 150 Å². The Kier molecular flexibility index (Phi) is 6.33. The van der Waals surface area contributed by atoms with Crippen molar-refractivity contribution in [2.24, 2.45) is 5.73 Å². The van der Waals surface area contributed by atoms with Gasteiger partial charge < -0.3 is 16.0 Å². The average Bonchev–Trinajstić information content (AvgIpc) is 2.55. The summed E-state index contributed by atoms with van der Waals surface area (Å²) in [6.45, 7) is 0. The molecule has 0 spiro atoms. The third-order valence-corrected chi connectivity index (χ3v) is 3.96. The van der Waals surface area contributed by atoms with Crippen LogP contribution in [0.15, 0.2) is 42.5 Å². The molecule has 0 saturated carbocycles. The van der Waals surface area contributed by atoms with E-state index in [4.69, 9.17) is 17.3 Å². The Morgan fingerprint density at radius 1 is 1.20 bits per heavy atom. The molecule has 1 unspecified atom stereocenters. The second kappa shape index (κ2) is 8.27. The van der Waals surface area contributed by atoms with Crippen molar-refractivity contribution >= 4 is 28.9 Å². The van der Waals surface area contributed by atoms with Crippen LogP contribution in [-0.4, -0.2) is 26.0 Å². The van der Waals surface area contributed by atoms with Crippen molar-refractivity contribution in [2.45, 2.75) is 18.9 Å². The minimum Gasteiger partial charge on any atom is -0.376 e. The molecule has 2 rings (SSSR count). The molecule has 0 aliphatic carbocycles. The van der Waals surface area contributed by atoms with Crippen LogP contribution >= 0.6 is 11.6 Å². The highest BCUT2D eigenvalue weighted by molar-refractivity contribution is 6.31. The fourth-order valence-electron chi connectivity index (χ4n) is 2.37. The quantitative estimate of drug-likeness (QED) is 0.815. The molecule has 25 heavy (non-hydrogen) atoms. The molecule has 0 aliphatic heterocycles. The van der Waals surface area contributed by atoms with Gasteiger partial charge in [0.25, 0.3) is 6.43 Å². The van der Waals surface area contributed by atoms with Gasteiger partial charge in [0.1, 0.15) is 0 Å². The van der Waals surface area contributed by atoms with E-state index < -0.39 is 12.5 Å². The highest BCUT2D eigenvalue weighted by atomic mass is 35.5. The van der Waals surface area contributed by atoms with Crippen molar-refractivity contribution in [3.05, 3.63) is 58.6 Å². The summed E-state index contributed by atoms with van der Waals surface area (Å²) >= 11 is 5.99. The molecule has 7 heteroatoms. The predicted molar refractivity (Wildman–Crippen MR) is 97.5 cm³/mol. The molecule has 0 bridgehead atoms. The third-order valence-electron chi connectivity index (χ3n) is 3.72. The summed E-state index contributed by atoms with van der Waals surface area (Å²) in [5, 5.41) is 3.27. The van der Waals surface area contributed by atoms with Gasteiger partial charge in [-0.25, -0.2) is 8.78 Å². The number of halogens is 3. The number of carbonyl (C=O) groups excluding carboxylic acids is 1. The van der Waals surface area contributed by atoms with E-state index in [-0.39, 0.29) is 17.9 Å². The molecule has 1 atom stereocenters. The monoisotopic (exact) mass is 367 g/mol. The molecular formula is C18H20ClF2N3O. The van der Waals surface area contributed by atoms with Crippen LogP contribution in [0, 0.1) is 0 Å². The summed E-state index contributed by atoms with van der Waals surface area (Å²) in [7, 11) is 3.70. The van der Waals surface area contributed by atoms with Gasteiger partial charge in [0, 0.05) is 24.7 Å². The van der Waals surface area contributed by atoms with Crippen LogP contribution in [0.1, 0.15) is 17.6 Å². The Balaban J connectivity index is 2.06. The molecule has 0 saturated heterocycles. The van der Waals surface area contributed by atoms with Crippen LogP contribution in [-0.2, 0) is 11.2 Å². The lowest BCUT2D eigenvalue weighted by Gasteiger charge is -2.20. The first-order valence-corrected chi connectivity index (χ1v) is 8.06. The second-order valence-corrected chi connectivity index (χ2v) is 6.33. The second-order valence-electron chi connectivity index (χ2n) is 5.90. The molecule has 3 N–H and O–H groups in total. The van der Waals surface area contributed by atoms with Crippen molar-refractivity contribution in [3.8, 4) is 0 Å². The molecule has 0 aliphatic rings. The number of nitrogens with one attached hydrogen (secondary N) is 1. The minimum atomic E-state index is -2.52. The van der Waals surface area contributed by atoms with Crippen molar-refractivity contribution in [2.75, 3.05) is 24.3 Å². The van der Waals surface area contributed by atoms with Gasteiger partial charge >= 0.3 is 0 Å². The number of amides is 1. The number of alkyl halides is 2. The standard InChI is InChI=1S/C18H20ClF2N3O/c1-24(2)16-8-7-13(19)10-15(16)23-18(25)14(22)9-11-3-5-12(6-4-11)17(20)21/h3-8,10,14,17H,9,22H2,1-2H3,(H,23,25). The molecule has 0 aromatic heterocycles. The van der Waals surface area contributed by atoms with E-state index in [9.17, 15) is 13.6 Å². The summed E-state index contributed by atoms with van der Waals surface area (Å²) < 4.78 is 25.1. The largest absolute Gasteiger partial charge is 0.376 e. The lowest BCUT2D eigenvalue weighted by molar-refractivity contribution is -0.117. The average molecular weight is 368 g/mol. The summed E-state index contributed by atoms with van der Waals surface area (Å²) in [6, 6.07) is 10.2. The van der Waals surface area contributed by atoms with E-state index in [1.54, 1.807) is 30.3 Å². The number of carbonyl (C=O) groups is 1. The van der Waals surface area contributed by atoms with Gasteiger partial charge in [0.05, 0.1) is 17.4 Å². The van der Waals surface area contributed by atoms with Crippen LogP contribution in [0.25, 0.3) is 0 Å². The first-order valence-electron chi connectivity index (χ1n) is 7.68. The zero-order valence-electron chi connectivity index (χ0n) is 14.0. The van der Waals surface area contributed by atoms with Crippen molar-refractivity contribution in [1.29, 1.82) is 0 Å². The first kappa shape index (κ1) is 19.1. The van der Waals surface area contributed by atoms with E-state index in [1.807, 2.05) is 19.0 Å². The SMILES string of the molecule is CN(C)c1ccc(Cl)cc1NC(=O)C(N)Cc1ccc(C(F)F)cc1. The lowest BCUT2D eigenvalue weighted by Crippen LogP contribution is -2.37. The van der Waals surface area contributed by atoms with Gasteiger partial charge in [-0.2, -0.15) is 0 Å². The molecule has 0 radical (unpaired) electrons. The Morgan fingerprint density at radius 2 is 1.84 bits per heavy atom. The van der Waals surface area contributed by atoms with Crippen LogP contribution in [0.4, 0.5) is 20.2 Å². The van der Waals surface area contributed by atoms with E-state index >= 15 is 0 Å². The number of benzene rings is 2. The Hall–Kier alpha value is -2.18. The molecule has 1 amide bonds. The van der Waals surface area contributed by atoms with E-state index in [1.165, 1.54) is 12.1 Å². The highest BCUT2D eigenvalue weighted by Gasteiger charge is 2.17. The third kappa shape index (κ3) is 5.14. The molecule has 0 heterocycles. The predicted octanol–water partition coefficient (Wildman–Crippen LogP) is 3.85. The van der Waals surface area contributed by atoms with Gasteiger partial charge in [0.2, 0.25) is 5.91 Å². The number of hydrogen-bond donors (Lipinski definition) is 2. The van der Waals surface area contributed by atoms with E-state index in [0.29, 0.717) is 16.3 Å². The number of rotatable bonds is 6. The Morgan fingerprint density at radius 3 is 2.40 bits per heavy atom. The number of anilines is 2. The van der Waals surface area contributed by atoms with Crippen molar-refractivity contribution in [3.63, 3.8) is 0 Å². The molecular weight excluding hydrogens is 348 g/mol. The van der Waals surface area contributed by atoms with Crippen LogP contribution in [0.3, 0.4) is 0 Å². The number of nitrogens with two attached hydrogens (primary N) is 1. The maximum Gasteiger partial charge on any atom is 0.263 e. The van der Waals surface area contributed by atoms with Gasteiger partial charge in [0.15, 0.2) is 0 Å². The van der Waals surface area contributed by atoms with Gasteiger partial charge in [-0.15, -0.1) is 0 Å². The van der Waals surface area contributed by atoms with Gasteiger partial charge in [-0.1, -0.05) is 35.9 Å². The van der Waals surface area contributed by atoms with Gasteiger partial charge in [-0.05, 0) is 30.2 Å². The normalized spacial score (nSPS) is 12.1. The van der Waals surface area contributed by atoms with Crippen LogP contribution in [0.2, 0.25) is 5.02 Å². The molecule has 4 nitrogen and oxygen atoms in total. The van der Waals surface area contributed by atoms with Gasteiger partial charge in [-0.3, -0.25) is 4.79 Å². The van der Waals surface area contributed by atoms with Crippen LogP contribution < -0.4 is 16.0 Å². The first-order chi connectivity index (χ1) is 11.8. The van der Waals surface area contributed by atoms with Crippen molar-refractivity contribution < 1.29 is 13.6 Å². The zero-order valence-corrected chi connectivity index (χ0v) is 14.7. The minimum absolute atomic E-state index is 0.0590. The topological polar surface area (TPSA) is 58.4 Å². The highest BCUT2D eigenvalue weighted by Crippen LogP contribution is 2.28. The fourth-order valence-corrected chi connectivity index (χ4v) is 2.54.